The SMILES string of the molecule is CC(C)(C)OC(=O)C1C2CN(c3c(F)cc([N+](=O)[O-])cc3F)CC21. The molecule has 2 atom stereocenters. The van der Waals surface area contributed by atoms with Crippen molar-refractivity contribution in [1.29, 1.82) is 0 Å². The lowest BCUT2D eigenvalue weighted by atomic mass is 10.1. The molecule has 6 nitrogen and oxygen atoms in total. The molecule has 8 heteroatoms. The standard InChI is InChI=1S/C16H18F2N2O4/c1-16(2,3)24-15(21)13-9-6-19(7-10(9)13)14-11(17)4-8(20(22)23)5-12(14)18/h4-5,9-10,13H,6-7H2,1-3H3. The summed E-state index contributed by atoms with van der Waals surface area (Å²) >= 11 is 0. The minimum absolute atomic E-state index is 0.00819. The van der Waals surface area contributed by atoms with Gasteiger partial charge in [-0.05, 0) is 32.6 Å². The van der Waals surface area contributed by atoms with Crippen molar-refractivity contribution in [2.24, 2.45) is 17.8 Å². The topological polar surface area (TPSA) is 72.7 Å². The first-order chi connectivity index (χ1) is 11.1. The van der Waals surface area contributed by atoms with E-state index in [2.05, 4.69) is 0 Å². The van der Waals surface area contributed by atoms with E-state index in [0.717, 1.165) is 0 Å². The number of hydrogen-bond donors (Lipinski definition) is 0. The molecule has 0 amide bonds. The molecule has 0 spiro atoms. The molecule has 130 valence electrons. The lowest BCUT2D eigenvalue weighted by Gasteiger charge is -2.24. The van der Waals surface area contributed by atoms with Crippen LogP contribution in [0.15, 0.2) is 12.1 Å². The quantitative estimate of drug-likeness (QED) is 0.481. The molecule has 0 N–H and O–H groups in total. The fourth-order valence-corrected chi connectivity index (χ4v) is 3.39. The fourth-order valence-electron chi connectivity index (χ4n) is 3.39. The van der Waals surface area contributed by atoms with Crippen LogP contribution in [0, 0.1) is 39.5 Å². The zero-order valence-corrected chi connectivity index (χ0v) is 13.6. The molecule has 0 radical (unpaired) electrons. The maximum Gasteiger partial charge on any atom is 0.310 e. The molecule has 1 aliphatic carbocycles. The van der Waals surface area contributed by atoms with Crippen LogP contribution in [-0.2, 0) is 9.53 Å². The summed E-state index contributed by atoms with van der Waals surface area (Å²) in [6, 6.07) is 1.43. The molecule has 1 saturated heterocycles. The Morgan fingerprint density at radius 2 is 1.75 bits per heavy atom. The average Bonchev–Trinajstić information content (AvgIpc) is 2.92. The third kappa shape index (κ3) is 2.92. The molecule has 2 aliphatic rings. The van der Waals surface area contributed by atoms with Gasteiger partial charge in [0, 0.05) is 13.1 Å². The van der Waals surface area contributed by atoms with Crippen LogP contribution in [0.1, 0.15) is 20.8 Å². The van der Waals surface area contributed by atoms with Crippen molar-refractivity contribution in [3.8, 4) is 0 Å². The Balaban J connectivity index is 1.70. The minimum Gasteiger partial charge on any atom is -0.460 e. The highest BCUT2D eigenvalue weighted by atomic mass is 19.1. The van der Waals surface area contributed by atoms with Gasteiger partial charge in [0.25, 0.3) is 5.69 Å². The molecule has 1 aromatic carbocycles. The van der Waals surface area contributed by atoms with Crippen LogP contribution in [0.4, 0.5) is 20.2 Å². The molecule has 2 unspecified atom stereocenters. The number of carbonyl (C=O) groups is 1. The summed E-state index contributed by atoms with van der Waals surface area (Å²) in [5, 5.41) is 10.6. The molecular weight excluding hydrogens is 322 g/mol. The summed E-state index contributed by atoms with van der Waals surface area (Å²) in [4.78, 5) is 23.4. The third-order valence-corrected chi connectivity index (χ3v) is 4.40. The molecule has 1 aromatic rings. The van der Waals surface area contributed by atoms with E-state index < -0.39 is 27.8 Å². The number of rotatable bonds is 3. The lowest BCUT2D eigenvalue weighted by Crippen LogP contribution is -2.31. The van der Waals surface area contributed by atoms with E-state index in [0.29, 0.717) is 25.2 Å². The zero-order valence-electron chi connectivity index (χ0n) is 13.6. The second kappa shape index (κ2) is 5.39. The first kappa shape index (κ1) is 16.6. The van der Waals surface area contributed by atoms with Crippen molar-refractivity contribution < 1.29 is 23.2 Å². The highest BCUT2D eigenvalue weighted by Gasteiger charge is 2.61. The van der Waals surface area contributed by atoms with Gasteiger partial charge >= 0.3 is 5.97 Å². The van der Waals surface area contributed by atoms with Crippen LogP contribution in [-0.4, -0.2) is 29.6 Å². The lowest BCUT2D eigenvalue weighted by molar-refractivity contribution is -0.385. The van der Waals surface area contributed by atoms with Gasteiger partial charge in [0.15, 0.2) is 11.6 Å². The Morgan fingerprint density at radius 3 is 2.17 bits per heavy atom. The number of esters is 1. The number of nitro benzene ring substituents is 1. The Morgan fingerprint density at radius 1 is 1.25 bits per heavy atom. The van der Waals surface area contributed by atoms with Gasteiger partial charge in [-0.1, -0.05) is 0 Å². The van der Waals surface area contributed by atoms with E-state index in [1.54, 1.807) is 20.8 Å². The van der Waals surface area contributed by atoms with Crippen LogP contribution in [0.3, 0.4) is 0 Å². The van der Waals surface area contributed by atoms with Crippen LogP contribution in [0.5, 0.6) is 0 Å². The molecule has 0 bridgehead atoms. The summed E-state index contributed by atoms with van der Waals surface area (Å²) in [5.74, 6) is -2.41. The second-order valence-corrected chi connectivity index (χ2v) is 7.31. The van der Waals surface area contributed by atoms with E-state index in [-0.39, 0.29) is 29.4 Å². The summed E-state index contributed by atoms with van der Waals surface area (Å²) in [7, 11) is 0. The maximum absolute atomic E-state index is 14.1. The molecule has 24 heavy (non-hydrogen) atoms. The highest BCUT2D eigenvalue weighted by Crippen LogP contribution is 2.54. The van der Waals surface area contributed by atoms with Gasteiger partial charge in [0.1, 0.15) is 11.3 Å². The van der Waals surface area contributed by atoms with Crippen molar-refractivity contribution >= 4 is 17.3 Å². The fraction of sp³-hybridized carbons (Fsp3) is 0.562. The zero-order chi connectivity index (χ0) is 17.8. The monoisotopic (exact) mass is 340 g/mol. The summed E-state index contributed by atoms with van der Waals surface area (Å²) in [6.07, 6.45) is 0. The number of piperidine rings is 1. The van der Waals surface area contributed by atoms with Crippen LogP contribution >= 0.6 is 0 Å². The van der Waals surface area contributed by atoms with E-state index in [9.17, 15) is 23.7 Å². The smallest absolute Gasteiger partial charge is 0.310 e. The number of hydrogen-bond acceptors (Lipinski definition) is 5. The number of nitro groups is 1. The van der Waals surface area contributed by atoms with Crippen LogP contribution in [0.2, 0.25) is 0 Å². The van der Waals surface area contributed by atoms with Crippen molar-refractivity contribution in [2.75, 3.05) is 18.0 Å². The van der Waals surface area contributed by atoms with Gasteiger partial charge in [-0.2, -0.15) is 0 Å². The summed E-state index contributed by atoms with van der Waals surface area (Å²) < 4.78 is 33.5. The molecule has 1 aliphatic heterocycles. The summed E-state index contributed by atoms with van der Waals surface area (Å²) in [5.41, 5.74) is -1.45. The molecule has 1 saturated carbocycles. The van der Waals surface area contributed by atoms with E-state index in [1.807, 2.05) is 0 Å². The van der Waals surface area contributed by atoms with E-state index >= 15 is 0 Å². The molecular formula is C16H18F2N2O4. The van der Waals surface area contributed by atoms with Gasteiger partial charge in [-0.15, -0.1) is 0 Å². The number of fused-ring (bicyclic) bond motifs is 1. The van der Waals surface area contributed by atoms with Gasteiger partial charge in [-0.3, -0.25) is 14.9 Å². The van der Waals surface area contributed by atoms with Crippen molar-refractivity contribution in [1.82, 2.24) is 0 Å². The Kier molecular flexibility index (Phi) is 3.73. The minimum atomic E-state index is -0.961. The third-order valence-electron chi connectivity index (χ3n) is 4.40. The van der Waals surface area contributed by atoms with Gasteiger partial charge in [0.05, 0.1) is 23.0 Å². The van der Waals surface area contributed by atoms with Gasteiger partial charge in [0.2, 0.25) is 0 Å². The number of halogens is 2. The predicted octanol–water partition coefficient (Wildman–Crippen LogP) is 2.90. The number of benzene rings is 1. The van der Waals surface area contributed by atoms with Gasteiger partial charge in [-0.25, -0.2) is 8.78 Å². The predicted molar refractivity (Wildman–Crippen MR) is 81.5 cm³/mol. The van der Waals surface area contributed by atoms with Crippen molar-refractivity contribution in [3.63, 3.8) is 0 Å². The number of anilines is 1. The molecule has 1 heterocycles. The first-order valence-electron chi connectivity index (χ1n) is 7.70. The van der Waals surface area contributed by atoms with Crippen LogP contribution < -0.4 is 4.90 Å². The number of non-ortho nitro benzene ring substituents is 1. The number of ether oxygens (including phenoxy) is 1. The Labute approximate surface area is 137 Å². The highest BCUT2D eigenvalue weighted by molar-refractivity contribution is 5.78. The number of nitrogens with zero attached hydrogens (tertiary/aromatic N) is 2. The van der Waals surface area contributed by atoms with Crippen molar-refractivity contribution in [3.05, 3.63) is 33.9 Å². The summed E-state index contributed by atoms with van der Waals surface area (Å²) in [6.45, 7) is 6.03. The normalized spacial score (nSPS) is 25.4. The Hall–Kier alpha value is -2.25. The molecule has 0 aromatic heterocycles. The van der Waals surface area contributed by atoms with Gasteiger partial charge < -0.3 is 9.64 Å². The van der Waals surface area contributed by atoms with Crippen molar-refractivity contribution in [2.45, 2.75) is 26.4 Å². The van der Waals surface area contributed by atoms with E-state index in [1.165, 1.54) is 4.90 Å². The molecule has 2 fully saturated rings. The number of carbonyl (C=O) groups excluding carboxylic acids is 1. The average molecular weight is 340 g/mol. The molecule has 3 rings (SSSR count). The second-order valence-electron chi connectivity index (χ2n) is 7.31. The largest absolute Gasteiger partial charge is 0.460 e. The maximum atomic E-state index is 14.1. The first-order valence-corrected chi connectivity index (χ1v) is 7.70. The van der Waals surface area contributed by atoms with E-state index in [4.69, 9.17) is 4.74 Å². The van der Waals surface area contributed by atoms with Crippen LogP contribution in [0.25, 0.3) is 0 Å². The Bertz CT molecular complexity index is 682.